The number of hydrogen-bond acceptors (Lipinski definition) is 4. The number of primary amides is 1. The summed E-state index contributed by atoms with van der Waals surface area (Å²) in [5.41, 5.74) is 9.00. The number of rotatable bonds is 9. The van der Waals surface area contributed by atoms with Crippen LogP contribution in [0.3, 0.4) is 0 Å². The summed E-state index contributed by atoms with van der Waals surface area (Å²) in [6.07, 6.45) is 2.49. The molecule has 8 nitrogen and oxygen atoms in total. The summed E-state index contributed by atoms with van der Waals surface area (Å²) in [6.45, 7) is 7.81. The second kappa shape index (κ2) is 9.99. The number of aryl methyl sites for hydroxylation is 3. The average Bonchev–Trinajstić information content (AvgIpc) is 3.12. The molecule has 0 fully saturated rings. The lowest BCUT2D eigenvalue weighted by Crippen LogP contribution is -2.38. The third-order valence-electron chi connectivity index (χ3n) is 5.86. The molecule has 3 aromatic rings. The number of fused-ring (bicyclic) bond motifs is 1. The smallest absolute Gasteiger partial charge is 0.254 e. The van der Waals surface area contributed by atoms with Crippen LogP contribution in [0.5, 0.6) is 0 Å². The predicted molar refractivity (Wildman–Crippen MR) is 133 cm³/mol. The summed E-state index contributed by atoms with van der Waals surface area (Å²) in [6, 6.07) is 10.6. The predicted octanol–water partition coefficient (Wildman–Crippen LogP) is 2.88. The van der Waals surface area contributed by atoms with Gasteiger partial charge >= 0.3 is 0 Å². The van der Waals surface area contributed by atoms with E-state index in [1.54, 1.807) is 12.1 Å². The Bertz CT molecular complexity index is 1320. The van der Waals surface area contributed by atoms with Gasteiger partial charge in [0, 0.05) is 42.3 Å². The number of nitrogens with zero attached hydrogens (tertiary/aromatic N) is 2. The van der Waals surface area contributed by atoms with Crippen LogP contribution < -0.4 is 10.5 Å². The van der Waals surface area contributed by atoms with Gasteiger partial charge in [0.25, 0.3) is 5.91 Å². The Hall–Kier alpha value is -3.17. The second-order valence-electron chi connectivity index (χ2n) is 8.82. The first-order valence-corrected chi connectivity index (χ1v) is 12.6. The summed E-state index contributed by atoms with van der Waals surface area (Å²) < 4.78 is 31.3. The molecule has 0 radical (unpaired) electrons. The molecule has 2 aromatic carbocycles. The van der Waals surface area contributed by atoms with Gasteiger partial charge < -0.3 is 15.2 Å². The molecule has 3 N–H and O–H groups in total. The Balaban J connectivity index is 1.82. The highest BCUT2D eigenvalue weighted by Gasteiger charge is 2.24. The van der Waals surface area contributed by atoms with Crippen LogP contribution in [0, 0.1) is 20.8 Å². The van der Waals surface area contributed by atoms with Crippen molar-refractivity contribution in [3.63, 3.8) is 0 Å². The van der Waals surface area contributed by atoms with Crippen LogP contribution in [0.2, 0.25) is 0 Å². The Morgan fingerprint density at radius 2 is 1.74 bits per heavy atom. The Morgan fingerprint density at radius 1 is 1.09 bits per heavy atom. The summed E-state index contributed by atoms with van der Waals surface area (Å²) in [4.78, 5) is 25.3. The van der Waals surface area contributed by atoms with Crippen LogP contribution >= 0.6 is 0 Å². The van der Waals surface area contributed by atoms with Crippen molar-refractivity contribution in [1.82, 2.24) is 14.2 Å². The number of carbonyl (C=O) groups is 2. The molecule has 182 valence electrons. The normalized spacial score (nSPS) is 12.6. The fourth-order valence-corrected chi connectivity index (χ4v) is 6.14. The average molecular weight is 485 g/mol. The summed E-state index contributed by atoms with van der Waals surface area (Å²) in [5.74, 6) is -0.872. The highest BCUT2D eigenvalue weighted by atomic mass is 32.2. The van der Waals surface area contributed by atoms with E-state index in [9.17, 15) is 18.0 Å². The molecule has 0 unspecified atom stereocenters. The van der Waals surface area contributed by atoms with Crippen molar-refractivity contribution in [2.45, 2.75) is 51.6 Å². The largest absolute Gasteiger partial charge is 0.368 e. The van der Waals surface area contributed by atoms with Gasteiger partial charge in [-0.1, -0.05) is 24.6 Å². The fraction of sp³-hybridized carbons (Fsp3) is 0.360. The van der Waals surface area contributed by atoms with Crippen LogP contribution in [-0.2, 0) is 21.4 Å². The summed E-state index contributed by atoms with van der Waals surface area (Å²) in [5, 5.41) is 0.848. The van der Waals surface area contributed by atoms with Gasteiger partial charge in [0.05, 0.1) is 11.4 Å². The molecular formula is C25H32N4O4S. The van der Waals surface area contributed by atoms with Gasteiger partial charge in [-0.2, -0.15) is 0 Å². The monoisotopic (exact) mass is 484 g/mol. The molecule has 2 amide bonds. The van der Waals surface area contributed by atoms with Crippen molar-refractivity contribution in [2.75, 3.05) is 13.6 Å². The van der Waals surface area contributed by atoms with E-state index in [-0.39, 0.29) is 18.5 Å². The first-order chi connectivity index (χ1) is 15.9. The van der Waals surface area contributed by atoms with Crippen LogP contribution in [0.1, 0.15) is 40.4 Å². The number of benzene rings is 2. The van der Waals surface area contributed by atoms with Gasteiger partial charge in [0.2, 0.25) is 15.9 Å². The van der Waals surface area contributed by atoms with Crippen LogP contribution in [0.4, 0.5) is 0 Å². The molecule has 0 saturated carbocycles. The van der Waals surface area contributed by atoms with Crippen molar-refractivity contribution >= 4 is 32.7 Å². The molecule has 0 aliphatic rings. The lowest BCUT2D eigenvalue weighted by Gasteiger charge is -2.21. The van der Waals surface area contributed by atoms with Gasteiger partial charge in [0.1, 0.15) is 0 Å². The molecule has 0 aliphatic heterocycles. The maximum atomic E-state index is 13.2. The quantitative estimate of drug-likeness (QED) is 0.486. The minimum atomic E-state index is -3.69. The van der Waals surface area contributed by atoms with Gasteiger partial charge in [0.15, 0.2) is 0 Å². The molecule has 0 saturated heterocycles. The number of aromatic nitrogens is 1. The first-order valence-electron chi connectivity index (χ1n) is 11.2. The molecular weight excluding hydrogens is 452 g/mol. The SMILES string of the molecule is CC[C@@H](Cn1ccc2cc(C(=O)N(C)CC(N)=O)ccc21)NS(=O)(=O)c1c(C)cc(C)cc1C. The molecule has 1 aromatic heterocycles. The second-order valence-corrected chi connectivity index (χ2v) is 10.5. The van der Waals surface area contributed by atoms with Gasteiger partial charge in [-0.25, -0.2) is 13.1 Å². The van der Waals surface area contributed by atoms with E-state index in [0.29, 0.717) is 23.4 Å². The van der Waals surface area contributed by atoms with Crippen molar-refractivity contribution in [3.05, 3.63) is 64.8 Å². The molecule has 34 heavy (non-hydrogen) atoms. The maximum Gasteiger partial charge on any atom is 0.254 e. The molecule has 0 bridgehead atoms. The molecule has 1 heterocycles. The zero-order chi connectivity index (χ0) is 25.2. The van der Waals surface area contributed by atoms with E-state index in [1.807, 2.05) is 62.7 Å². The van der Waals surface area contributed by atoms with E-state index >= 15 is 0 Å². The zero-order valence-corrected chi connectivity index (χ0v) is 21.1. The fourth-order valence-electron chi connectivity index (χ4n) is 4.37. The number of hydrogen-bond donors (Lipinski definition) is 2. The highest BCUT2D eigenvalue weighted by Crippen LogP contribution is 2.23. The van der Waals surface area contributed by atoms with E-state index in [2.05, 4.69) is 4.72 Å². The highest BCUT2D eigenvalue weighted by molar-refractivity contribution is 7.89. The molecule has 1 atom stereocenters. The van der Waals surface area contributed by atoms with E-state index in [1.165, 1.54) is 11.9 Å². The maximum absolute atomic E-state index is 13.2. The third-order valence-corrected chi connectivity index (χ3v) is 7.69. The summed E-state index contributed by atoms with van der Waals surface area (Å²) in [7, 11) is -2.17. The third kappa shape index (κ3) is 5.48. The number of amides is 2. The zero-order valence-electron chi connectivity index (χ0n) is 20.3. The van der Waals surface area contributed by atoms with Gasteiger partial charge in [-0.05, 0) is 62.6 Å². The van der Waals surface area contributed by atoms with Crippen LogP contribution in [0.15, 0.2) is 47.5 Å². The van der Waals surface area contributed by atoms with E-state index < -0.39 is 15.9 Å². The van der Waals surface area contributed by atoms with E-state index in [0.717, 1.165) is 27.6 Å². The number of carbonyl (C=O) groups excluding carboxylic acids is 2. The Morgan fingerprint density at radius 3 is 2.32 bits per heavy atom. The Kier molecular flexibility index (Phi) is 7.48. The molecule has 3 rings (SSSR count). The van der Waals surface area contributed by atoms with Crippen molar-refractivity contribution in [3.8, 4) is 0 Å². The van der Waals surface area contributed by atoms with Gasteiger partial charge in [-0.15, -0.1) is 0 Å². The van der Waals surface area contributed by atoms with Crippen molar-refractivity contribution in [1.29, 1.82) is 0 Å². The molecule has 9 heteroatoms. The van der Waals surface area contributed by atoms with Crippen LogP contribution in [0.25, 0.3) is 10.9 Å². The lowest BCUT2D eigenvalue weighted by atomic mass is 10.1. The number of nitrogens with two attached hydrogens (primary N) is 1. The number of sulfonamides is 1. The van der Waals surface area contributed by atoms with Crippen LogP contribution in [-0.4, -0.2) is 49.3 Å². The van der Waals surface area contributed by atoms with E-state index in [4.69, 9.17) is 5.73 Å². The molecule has 0 spiro atoms. The minimum absolute atomic E-state index is 0.157. The van der Waals surface area contributed by atoms with Crippen molar-refractivity contribution in [2.24, 2.45) is 5.73 Å². The molecule has 0 aliphatic carbocycles. The topological polar surface area (TPSA) is 114 Å². The van der Waals surface area contributed by atoms with Gasteiger partial charge in [-0.3, -0.25) is 9.59 Å². The minimum Gasteiger partial charge on any atom is -0.368 e. The number of nitrogens with one attached hydrogen (secondary N) is 1. The first kappa shape index (κ1) is 25.5. The standard InChI is InChI=1S/C25H32N4O4S/c1-6-21(27-34(32,33)24-17(3)11-16(2)12-18(24)4)14-29-10-9-19-13-20(7-8-22(19)29)25(31)28(5)15-23(26)30/h7-13,21,27H,6,14-15H2,1-5H3,(H2,26,30)/t21-/m0/s1. The summed E-state index contributed by atoms with van der Waals surface area (Å²) >= 11 is 0. The number of likely N-dealkylation sites (N-methyl/N-ethyl adjacent to an activating group) is 1. The lowest BCUT2D eigenvalue weighted by molar-refractivity contribution is -0.118. The van der Waals surface area contributed by atoms with Crippen molar-refractivity contribution < 1.29 is 18.0 Å². The Labute approximate surface area is 200 Å².